The van der Waals surface area contributed by atoms with Crippen molar-refractivity contribution < 1.29 is 22.3 Å². The monoisotopic (exact) mass is 470 g/mol. The Morgan fingerprint density at radius 3 is 2.41 bits per heavy atom. The topological polar surface area (TPSA) is 89.0 Å². The van der Waals surface area contributed by atoms with Crippen LogP contribution in [0.4, 0.5) is 17.6 Å². The molecule has 0 aliphatic carbocycles. The molecule has 1 unspecified atom stereocenters. The highest BCUT2D eigenvalue weighted by Gasteiger charge is 2.49. The molecule has 3 aromatic rings. The van der Waals surface area contributed by atoms with E-state index < -0.39 is 17.7 Å². The Labute approximate surface area is 191 Å². The van der Waals surface area contributed by atoms with Gasteiger partial charge in [0.1, 0.15) is 23.7 Å². The molecule has 2 N–H and O–H groups in total. The number of amidine groups is 1. The van der Waals surface area contributed by atoms with E-state index in [-0.39, 0.29) is 17.3 Å². The number of rotatable bonds is 4. The van der Waals surface area contributed by atoms with Crippen molar-refractivity contribution in [3.05, 3.63) is 78.1 Å². The zero-order valence-corrected chi connectivity index (χ0v) is 17.6. The van der Waals surface area contributed by atoms with Gasteiger partial charge < -0.3 is 10.5 Å². The summed E-state index contributed by atoms with van der Waals surface area (Å²) in [5.74, 6) is -0.101. The number of hydrogen-bond donors (Lipinski definition) is 1. The minimum absolute atomic E-state index is 0.225. The van der Waals surface area contributed by atoms with E-state index in [4.69, 9.17) is 10.7 Å². The van der Waals surface area contributed by atoms with Gasteiger partial charge in [-0.05, 0) is 41.8 Å². The van der Waals surface area contributed by atoms with Crippen LogP contribution in [0.5, 0.6) is 5.75 Å². The molecular formula is C23H18F4N6O. The molecule has 1 atom stereocenters. The van der Waals surface area contributed by atoms with Gasteiger partial charge in [-0.15, -0.1) is 13.2 Å². The Bertz CT molecular complexity index is 1280. The Kier molecular flexibility index (Phi) is 5.18. The molecule has 5 rings (SSSR count). The maximum Gasteiger partial charge on any atom is 0.573 e. The van der Waals surface area contributed by atoms with E-state index in [2.05, 4.69) is 19.7 Å². The Balaban J connectivity index is 1.69. The molecule has 2 aromatic carbocycles. The summed E-state index contributed by atoms with van der Waals surface area (Å²) >= 11 is 0. The van der Waals surface area contributed by atoms with Crippen LogP contribution in [0.1, 0.15) is 17.5 Å². The summed E-state index contributed by atoms with van der Waals surface area (Å²) in [6.07, 6.45) is 0.269. The number of nitrogens with two attached hydrogens (primary N) is 1. The number of fused-ring (bicyclic) bond motifs is 1. The summed E-state index contributed by atoms with van der Waals surface area (Å²) in [5, 5.41) is 0. The molecule has 0 spiro atoms. The Morgan fingerprint density at radius 1 is 1.00 bits per heavy atom. The molecule has 7 nitrogen and oxygen atoms in total. The van der Waals surface area contributed by atoms with Crippen LogP contribution in [0.3, 0.4) is 0 Å². The number of ether oxygens (including phenoxy) is 1. The number of guanidine groups is 1. The van der Waals surface area contributed by atoms with E-state index in [1.807, 2.05) is 0 Å². The van der Waals surface area contributed by atoms with Crippen molar-refractivity contribution in [2.24, 2.45) is 15.7 Å². The summed E-state index contributed by atoms with van der Waals surface area (Å²) in [6, 6.07) is 9.86. The van der Waals surface area contributed by atoms with Crippen LogP contribution in [0.2, 0.25) is 0 Å². The van der Waals surface area contributed by atoms with Gasteiger partial charge in [0.2, 0.25) is 0 Å². The zero-order chi connectivity index (χ0) is 23.9. The number of alkyl halides is 3. The molecule has 34 heavy (non-hydrogen) atoms. The van der Waals surface area contributed by atoms with E-state index in [9.17, 15) is 17.6 Å². The number of halogens is 4. The van der Waals surface area contributed by atoms with Crippen molar-refractivity contribution in [2.75, 3.05) is 13.1 Å². The Hall–Kier alpha value is -4.02. The van der Waals surface area contributed by atoms with Gasteiger partial charge in [0.25, 0.3) is 0 Å². The van der Waals surface area contributed by atoms with Gasteiger partial charge in [0.15, 0.2) is 11.5 Å². The van der Waals surface area contributed by atoms with Gasteiger partial charge in [0, 0.05) is 36.6 Å². The predicted molar refractivity (Wildman–Crippen MR) is 117 cm³/mol. The lowest BCUT2D eigenvalue weighted by atomic mass is 9.81. The summed E-state index contributed by atoms with van der Waals surface area (Å²) in [7, 11) is 0. The molecule has 0 radical (unpaired) electrons. The van der Waals surface area contributed by atoms with Crippen molar-refractivity contribution in [1.29, 1.82) is 0 Å². The third kappa shape index (κ3) is 3.72. The van der Waals surface area contributed by atoms with Gasteiger partial charge in [-0.2, -0.15) is 0 Å². The van der Waals surface area contributed by atoms with Gasteiger partial charge in [-0.1, -0.05) is 18.2 Å². The first kappa shape index (κ1) is 21.8. The highest BCUT2D eigenvalue weighted by molar-refractivity contribution is 6.12. The van der Waals surface area contributed by atoms with E-state index in [1.54, 1.807) is 17.0 Å². The van der Waals surface area contributed by atoms with E-state index in [0.29, 0.717) is 35.6 Å². The zero-order valence-electron chi connectivity index (χ0n) is 17.6. The minimum atomic E-state index is -4.82. The summed E-state index contributed by atoms with van der Waals surface area (Å²) in [6.45, 7) is 1.12. The highest BCUT2D eigenvalue weighted by atomic mass is 19.4. The third-order valence-corrected chi connectivity index (χ3v) is 5.70. The van der Waals surface area contributed by atoms with Crippen LogP contribution in [0, 0.1) is 5.82 Å². The largest absolute Gasteiger partial charge is 0.573 e. The second kappa shape index (κ2) is 8.08. The summed E-state index contributed by atoms with van der Waals surface area (Å²) in [4.78, 5) is 19.1. The van der Waals surface area contributed by atoms with Gasteiger partial charge >= 0.3 is 6.36 Å². The highest BCUT2D eigenvalue weighted by Crippen LogP contribution is 2.43. The molecule has 0 saturated carbocycles. The third-order valence-electron chi connectivity index (χ3n) is 5.70. The fourth-order valence-corrected chi connectivity index (χ4v) is 4.28. The first-order valence-electron chi connectivity index (χ1n) is 10.4. The average molecular weight is 470 g/mol. The first-order valence-corrected chi connectivity index (χ1v) is 10.4. The SMILES string of the molecule is NC1=NC(c2ccc(OC(F)(F)F)cc2)(c2ccc(F)c(-c3cncnc3)c2)C2=NCCCN12. The molecule has 0 bridgehead atoms. The fraction of sp³-hybridized carbons (Fsp3) is 0.217. The second-order valence-corrected chi connectivity index (χ2v) is 7.78. The van der Waals surface area contributed by atoms with Gasteiger partial charge in [0.05, 0.1) is 0 Å². The van der Waals surface area contributed by atoms with Crippen molar-refractivity contribution >= 4 is 11.8 Å². The fourth-order valence-electron chi connectivity index (χ4n) is 4.28. The van der Waals surface area contributed by atoms with Crippen LogP contribution >= 0.6 is 0 Å². The minimum Gasteiger partial charge on any atom is -0.406 e. The number of nitrogens with zero attached hydrogens (tertiary/aromatic N) is 5. The molecule has 0 saturated heterocycles. The van der Waals surface area contributed by atoms with E-state index in [1.165, 1.54) is 49.1 Å². The average Bonchev–Trinajstić information content (AvgIpc) is 3.13. The maximum atomic E-state index is 14.8. The lowest BCUT2D eigenvalue weighted by molar-refractivity contribution is -0.274. The molecule has 3 heterocycles. The number of benzene rings is 2. The maximum absolute atomic E-state index is 14.8. The summed E-state index contributed by atoms with van der Waals surface area (Å²) < 4.78 is 56.8. The lowest BCUT2D eigenvalue weighted by Gasteiger charge is -2.33. The first-order chi connectivity index (χ1) is 16.3. The number of aliphatic imine (C=N–C) groups is 2. The van der Waals surface area contributed by atoms with Crippen LogP contribution < -0.4 is 10.5 Å². The van der Waals surface area contributed by atoms with E-state index in [0.717, 1.165) is 6.42 Å². The smallest absolute Gasteiger partial charge is 0.406 e. The molecule has 174 valence electrons. The standard InChI is InChI=1S/C23H18F4N6O/c24-19-7-4-16(10-18(19)14-11-29-13-30-12-14)22(20-31-8-1-9-33(20)21(28)32-22)15-2-5-17(6-3-15)34-23(25,26)27/h2-7,10-13H,1,8-9H2,(H2,28,32). The van der Waals surface area contributed by atoms with Crippen LogP contribution in [-0.2, 0) is 5.54 Å². The molecule has 2 aliphatic rings. The molecule has 11 heteroatoms. The molecule has 2 aliphatic heterocycles. The molecular weight excluding hydrogens is 452 g/mol. The lowest BCUT2D eigenvalue weighted by Crippen LogP contribution is -2.46. The number of hydrogen-bond acceptors (Lipinski definition) is 7. The van der Waals surface area contributed by atoms with Crippen molar-refractivity contribution in [2.45, 2.75) is 18.3 Å². The van der Waals surface area contributed by atoms with E-state index >= 15 is 0 Å². The quantitative estimate of drug-likeness (QED) is 0.585. The van der Waals surface area contributed by atoms with Gasteiger partial charge in [-0.25, -0.2) is 19.4 Å². The van der Waals surface area contributed by atoms with Crippen LogP contribution in [0.15, 0.2) is 71.2 Å². The molecule has 0 fully saturated rings. The number of aromatic nitrogens is 2. The molecule has 0 amide bonds. The second-order valence-electron chi connectivity index (χ2n) is 7.78. The summed E-state index contributed by atoms with van der Waals surface area (Å²) in [5.41, 5.74) is 6.74. The van der Waals surface area contributed by atoms with Crippen molar-refractivity contribution in [1.82, 2.24) is 14.9 Å². The van der Waals surface area contributed by atoms with Crippen LogP contribution in [0.25, 0.3) is 11.1 Å². The predicted octanol–water partition coefficient (Wildman–Crippen LogP) is 3.86. The Morgan fingerprint density at radius 2 is 1.71 bits per heavy atom. The van der Waals surface area contributed by atoms with Crippen LogP contribution in [-0.4, -0.2) is 46.1 Å². The normalized spacial score (nSPS) is 19.9. The van der Waals surface area contributed by atoms with Crippen molar-refractivity contribution in [3.8, 4) is 16.9 Å². The van der Waals surface area contributed by atoms with Gasteiger partial charge in [-0.3, -0.25) is 9.89 Å². The molecule has 1 aromatic heterocycles. The van der Waals surface area contributed by atoms with Crippen molar-refractivity contribution in [3.63, 3.8) is 0 Å².